The van der Waals surface area contributed by atoms with E-state index in [1.165, 1.54) is 14.2 Å². The molecular formula is C27H30N2O7S. The average Bonchev–Trinajstić information content (AvgIpc) is 2.90. The maximum absolute atomic E-state index is 13.1. The van der Waals surface area contributed by atoms with Gasteiger partial charge in [0.2, 0.25) is 5.91 Å². The molecule has 0 spiro atoms. The summed E-state index contributed by atoms with van der Waals surface area (Å²) in [4.78, 5) is 24.8. The maximum atomic E-state index is 13.1. The molecule has 3 rings (SSSR count). The van der Waals surface area contributed by atoms with Gasteiger partial charge in [0.25, 0.3) is 5.91 Å². The van der Waals surface area contributed by atoms with E-state index in [1.54, 1.807) is 36.4 Å². The SMILES string of the molecule is COc1cc(-c2ccc(CS(=O)(=O)CC(=O)NCCO)cc2)cc(C(=O)NCc2ccccc2)c1OC. The molecule has 196 valence electrons. The molecule has 0 saturated heterocycles. The van der Waals surface area contributed by atoms with Gasteiger partial charge in [-0.25, -0.2) is 8.42 Å². The molecule has 0 radical (unpaired) electrons. The molecule has 0 fully saturated rings. The second-order valence-electron chi connectivity index (χ2n) is 8.23. The van der Waals surface area contributed by atoms with Gasteiger partial charge in [0.15, 0.2) is 21.3 Å². The van der Waals surface area contributed by atoms with E-state index < -0.39 is 21.5 Å². The van der Waals surface area contributed by atoms with Crippen molar-refractivity contribution in [3.05, 3.63) is 83.4 Å². The topological polar surface area (TPSA) is 131 Å². The first-order chi connectivity index (χ1) is 17.8. The summed E-state index contributed by atoms with van der Waals surface area (Å²) < 4.78 is 35.7. The van der Waals surface area contributed by atoms with Crippen molar-refractivity contribution in [2.24, 2.45) is 0 Å². The Labute approximate surface area is 216 Å². The van der Waals surface area contributed by atoms with Crippen molar-refractivity contribution in [1.82, 2.24) is 10.6 Å². The zero-order valence-electron chi connectivity index (χ0n) is 20.7. The van der Waals surface area contributed by atoms with E-state index in [4.69, 9.17) is 14.6 Å². The number of carbonyl (C=O) groups excluding carboxylic acids is 2. The number of ether oxygens (including phenoxy) is 2. The van der Waals surface area contributed by atoms with Gasteiger partial charge in [-0.15, -0.1) is 0 Å². The lowest BCUT2D eigenvalue weighted by Gasteiger charge is -2.15. The first-order valence-corrected chi connectivity index (χ1v) is 13.3. The van der Waals surface area contributed by atoms with Gasteiger partial charge >= 0.3 is 0 Å². The van der Waals surface area contributed by atoms with Crippen LogP contribution in [-0.2, 0) is 26.9 Å². The largest absolute Gasteiger partial charge is 0.493 e. The lowest BCUT2D eigenvalue weighted by Crippen LogP contribution is -2.32. The minimum absolute atomic E-state index is 0.000635. The normalized spacial score (nSPS) is 11.0. The third-order valence-electron chi connectivity index (χ3n) is 5.48. The highest BCUT2D eigenvalue weighted by molar-refractivity contribution is 7.91. The number of benzene rings is 3. The van der Waals surface area contributed by atoms with Gasteiger partial charge in [0.05, 0.1) is 32.1 Å². The standard InChI is InChI=1S/C27H30N2O7S/c1-35-24-15-22(14-23(26(24)36-2)27(32)29-16-19-6-4-3-5-7-19)21-10-8-20(9-11-21)17-37(33,34)18-25(31)28-12-13-30/h3-11,14-15,30H,12-13,16-18H2,1-2H3,(H,28,31)(H,29,32). The van der Waals surface area contributed by atoms with Crippen LogP contribution in [0.1, 0.15) is 21.5 Å². The number of rotatable bonds is 12. The van der Waals surface area contributed by atoms with Crippen LogP contribution in [0.2, 0.25) is 0 Å². The van der Waals surface area contributed by atoms with Crippen LogP contribution >= 0.6 is 0 Å². The number of methoxy groups -OCH3 is 2. The van der Waals surface area contributed by atoms with E-state index in [9.17, 15) is 18.0 Å². The van der Waals surface area contributed by atoms with Crippen molar-refractivity contribution in [2.45, 2.75) is 12.3 Å². The van der Waals surface area contributed by atoms with Crippen molar-refractivity contribution in [2.75, 3.05) is 33.1 Å². The molecule has 2 amide bonds. The number of sulfone groups is 1. The van der Waals surface area contributed by atoms with Gasteiger partial charge in [0.1, 0.15) is 5.75 Å². The van der Waals surface area contributed by atoms with Crippen molar-refractivity contribution in [3.8, 4) is 22.6 Å². The summed E-state index contributed by atoms with van der Waals surface area (Å²) in [5.41, 5.74) is 3.18. The number of nitrogens with one attached hydrogen (secondary N) is 2. The van der Waals surface area contributed by atoms with Gasteiger partial charge in [-0.05, 0) is 34.4 Å². The van der Waals surface area contributed by atoms with Gasteiger partial charge in [-0.3, -0.25) is 9.59 Å². The minimum atomic E-state index is -3.69. The number of hydrogen-bond donors (Lipinski definition) is 3. The highest BCUT2D eigenvalue weighted by Crippen LogP contribution is 2.36. The van der Waals surface area contributed by atoms with Gasteiger partial charge in [-0.1, -0.05) is 54.6 Å². The van der Waals surface area contributed by atoms with E-state index in [1.807, 2.05) is 30.3 Å². The molecular weight excluding hydrogens is 496 g/mol. The molecule has 0 aliphatic heterocycles. The predicted octanol–water partition coefficient (Wildman–Crippen LogP) is 2.32. The van der Waals surface area contributed by atoms with Crippen LogP contribution in [0.4, 0.5) is 0 Å². The average molecular weight is 527 g/mol. The molecule has 10 heteroatoms. The molecule has 9 nitrogen and oxygen atoms in total. The second kappa shape index (κ2) is 12.9. The Morgan fingerprint density at radius 3 is 2.19 bits per heavy atom. The third-order valence-corrected chi connectivity index (χ3v) is 6.95. The zero-order chi connectivity index (χ0) is 26.8. The first-order valence-electron chi connectivity index (χ1n) is 11.5. The fraction of sp³-hybridized carbons (Fsp3) is 0.259. The summed E-state index contributed by atoms with van der Waals surface area (Å²) in [5, 5.41) is 14.0. The van der Waals surface area contributed by atoms with Crippen molar-refractivity contribution >= 4 is 21.7 Å². The Morgan fingerprint density at radius 2 is 1.57 bits per heavy atom. The number of aliphatic hydroxyl groups is 1. The highest BCUT2D eigenvalue weighted by atomic mass is 32.2. The van der Waals surface area contributed by atoms with Crippen LogP contribution in [0.5, 0.6) is 11.5 Å². The Bertz CT molecular complexity index is 1320. The third kappa shape index (κ3) is 7.80. The Hall–Kier alpha value is -3.89. The fourth-order valence-electron chi connectivity index (χ4n) is 3.72. The fourth-order valence-corrected chi connectivity index (χ4v) is 5.02. The summed E-state index contributed by atoms with van der Waals surface area (Å²) >= 11 is 0. The van der Waals surface area contributed by atoms with E-state index in [0.29, 0.717) is 34.7 Å². The molecule has 0 saturated carbocycles. The maximum Gasteiger partial charge on any atom is 0.255 e. The molecule has 3 aromatic carbocycles. The monoisotopic (exact) mass is 526 g/mol. The van der Waals surface area contributed by atoms with Gasteiger partial charge in [-0.2, -0.15) is 0 Å². The summed E-state index contributed by atoms with van der Waals surface area (Å²) in [7, 11) is -0.745. The van der Waals surface area contributed by atoms with Gasteiger partial charge in [0, 0.05) is 13.1 Å². The molecule has 3 N–H and O–H groups in total. The molecule has 0 unspecified atom stereocenters. The predicted molar refractivity (Wildman–Crippen MR) is 140 cm³/mol. The molecule has 37 heavy (non-hydrogen) atoms. The van der Waals surface area contributed by atoms with Crippen molar-refractivity contribution in [3.63, 3.8) is 0 Å². The van der Waals surface area contributed by atoms with Crippen LogP contribution in [-0.4, -0.2) is 58.5 Å². The molecule has 0 heterocycles. The number of hydrogen-bond acceptors (Lipinski definition) is 7. The van der Waals surface area contributed by atoms with Gasteiger partial charge < -0.3 is 25.2 Å². The number of aliphatic hydroxyl groups excluding tert-OH is 1. The number of amides is 2. The Morgan fingerprint density at radius 1 is 0.865 bits per heavy atom. The van der Waals surface area contributed by atoms with E-state index in [0.717, 1.165) is 11.1 Å². The minimum Gasteiger partial charge on any atom is -0.493 e. The van der Waals surface area contributed by atoms with Crippen molar-refractivity contribution < 1.29 is 32.6 Å². The lowest BCUT2D eigenvalue weighted by atomic mass is 10.00. The Balaban J connectivity index is 1.81. The molecule has 0 aromatic heterocycles. The van der Waals surface area contributed by atoms with Crippen molar-refractivity contribution in [1.29, 1.82) is 0 Å². The summed E-state index contributed by atoms with van der Waals surface area (Å²) in [6.07, 6.45) is 0. The first kappa shape index (κ1) is 27.7. The second-order valence-corrected chi connectivity index (χ2v) is 10.3. The molecule has 0 bridgehead atoms. The van der Waals surface area contributed by atoms with E-state index in [2.05, 4.69) is 10.6 Å². The van der Waals surface area contributed by atoms with Crippen LogP contribution < -0.4 is 20.1 Å². The summed E-state index contributed by atoms with van der Waals surface area (Å²) in [6.45, 7) is 0.0804. The highest BCUT2D eigenvalue weighted by Gasteiger charge is 2.20. The van der Waals surface area contributed by atoms with E-state index >= 15 is 0 Å². The zero-order valence-corrected chi connectivity index (χ0v) is 21.5. The summed E-state index contributed by atoms with van der Waals surface area (Å²) in [5.74, 6) is -1.27. The van der Waals surface area contributed by atoms with Crippen LogP contribution in [0.15, 0.2) is 66.7 Å². The molecule has 0 aliphatic rings. The van der Waals surface area contributed by atoms with E-state index in [-0.39, 0.29) is 24.8 Å². The quantitative estimate of drug-likeness (QED) is 0.330. The smallest absolute Gasteiger partial charge is 0.255 e. The molecule has 3 aromatic rings. The molecule has 0 aliphatic carbocycles. The molecule has 0 atom stereocenters. The number of carbonyl (C=O) groups is 2. The summed E-state index contributed by atoms with van der Waals surface area (Å²) in [6, 6.07) is 19.7. The lowest BCUT2D eigenvalue weighted by molar-refractivity contribution is -0.118. The van der Waals surface area contributed by atoms with Crippen LogP contribution in [0.3, 0.4) is 0 Å². The Kier molecular flexibility index (Phi) is 9.64. The van der Waals surface area contributed by atoms with Crippen LogP contribution in [0.25, 0.3) is 11.1 Å². The van der Waals surface area contributed by atoms with Crippen LogP contribution in [0, 0.1) is 0 Å².